The second-order valence-corrected chi connectivity index (χ2v) is 11.1. The van der Waals surface area contributed by atoms with E-state index < -0.39 is 9.84 Å². The van der Waals surface area contributed by atoms with Gasteiger partial charge in [-0.3, -0.25) is 0 Å². The molecule has 0 spiro atoms. The maximum atomic E-state index is 12.0. The molecule has 1 aliphatic rings. The average molecular weight is 403 g/mol. The molecule has 1 aliphatic heterocycles. The van der Waals surface area contributed by atoms with E-state index in [1.165, 1.54) is 0 Å². The van der Waals surface area contributed by atoms with Crippen molar-refractivity contribution < 1.29 is 8.42 Å². The van der Waals surface area contributed by atoms with Gasteiger partial charge >= 0.3 is 0 Å². The Bertz CT molecular complexity index is 921. The number of piperidine rings is 1. The summed E-state index contributed by atoms with van der Waals surface area (Å²) in [5, 5.41) is 7.25. The standard InChI is InChI=1S/C21H30N4O2S/c1-6-28(26,27)17-9-7-15(8-10-17)19-22-12-11-18(24-19)23-16-13-20(2,3)25-21(4,5)14-16/h7-12,16,25H,6,13-14H2,1-5H3,(H,22,23,24). The van der Waals surface area contributed by atoms with Gasteiger partial charge < -0.3 is 10.6 Å². The van der Waals surface area contributed by atoms with E-state index >= 15 is 0 Å². The lowest BCUT2D eigenvalue weighted by molar-refractivity contribution is 0.170. The van der Waals surface area contributed by atoms with Crippen molar-refractivity contribution in [3.63, 3.8) is 0 Å². The SMILES string of the molecule is CCS(=O)(=O)c1ccc(-c2nccc(NC3CC(C)(C)NC(C)(C)C3)n2)cc1. The third-order valence-electron chi connectivity index (χ3n) is 5.05. The fraction of sp³-hybridized carbons (Fsp3) is 0.524. The van der Waals surface area contributed by atoms with E-state index in [1.54, 1.807) is 37.4 Å². The van der Waals surface area contributed by atoms with Gasteiger partial charge in [0.25, 0.3) is 0 Å². The minimum absolute atomic E-state index is 0.0515. The van der Waals surface area contributed by atoms with E-state index in [0.717, 1.165) is 24.2 Å². The number of rotatable bonds is 5. The Morgan fingerprint density at radius 2 is 1.68 bits per heavy atom. The zero-order valence-electron chi connectivity index (χ0n) is 17.3. The van der Waals surface area contributed by atoms with Gasteiger partial charge in [0.15, 0.2) is 15.7 Å². The highest BCUT2D eigenvalue weighted by atomic mass is 32.2. The minimum atomic E-state index is -3.21. The van der Waals surface area contributed by atoms with Crippen LogP contribution in [0.4, 0.5) is 5.82 Å². The minimum Gasteiger partial charge on any atom is -0.367 e. The Labute approximate surface area is 168 Å². The van der Waals surface area contributed by atoms with Gasteiger partial charge in [-0.15, -0.1) is 0 Å². The predicted octanol–water partition coefficient (Wildman–Crippen LogP) is 3.66. The molecule has 1 saturated heterocycles. The second-order valence-electron chi connectivity index (χ2n) is 8.84. The summed E-state index contributed by atoms with van der Waals surface area (Å²) in [5.41, 5.74) is 0.899. The molecule has 7 heteroatoms. The molecule has 2 aromatic rings. The Morgan fingerprint density at radius 3 is 2.25 bits per heavy atom. The lowest BCUT2D eigenvalue weighted by atomic mass is 9.79. The van der Waals surface area contributed by atoms with Crippen LogP contribution in [0.3, 0.4) is 0 Å². The predicted molar refractivity (Wildman–Crippen MR) is 113 cm³/mol. The number of benzene rings is 1. The Morgan fingerprint density at radius 1 is 1.07 bits per heavy atom. The van der Waals surface area contributed by atoms with Crippen molar-refractivity contribution in [2.45, 2.75) is 69.5 Å². The summed E-state index contributed by atoms with van der Waals surface area (Å²) in [6.07, 6.45) is 3.73. The summed E-state index contributed by atoms with van der Waals surface area (Å²) in [7, 11) is -3.21. The number of hydrogen-bond acceptors (Lipinski definition) is 6. The van der Waals surface area contributed by atoms with Crippen LogP contribution in [0.15, 0.2) is 41.4 Å². The summed E-state index contributed by atoms with van der Waals surface area (Å²) in [4.78, 5) is 9.34. The van der Waals surface area contributed by atoms with Crippen molar-refractivity contribution in [2.24, 2.45) is 0 Å². The molecule has 0 aliphatic carbocycles. The van der Waals surface area contributed by atoms with Crippen LogP contribution in [0.25, 0.3) is 11.4 Å². The van der Waals surface area contributed by atoms with Gasteiger partial charge in [-0.1, -0.05) is 6.92 Å². The molecule has 0 saturated carbocycles. The summed E-state index contributed by atoms with van der Waals surface area (Å²) in [6, 6.07) is 8.95. The topological polar surface area (TPSA) is 84.0 Å². The lowest BCUT2D eigenvalue weighted by Gasteiger charge is -2.46. The molecule has 152 valence electrons. The molecule has 2 heterocycles. The molecule has 3 rings (SSSR count). The molecule has 1 fully saturated rings. The van der Waals surface area contributed by atoms with Gasteiger partial charge in [0.1, 0.15) is 5.82 Å². The van der Waals surface area contributed by atoms with Gasteiger partial charge in [-0.05, 0) is 70.9 Å². The molecule has 0 atom stereocenters. The average Bonchev–Trinajstić information content (AvgIpc) is 2.59. The van der Waals surface area contributed by atoms with E-state index in [2.05, 4.69) is 48.3 Å². The van der Waals surface area contributed by atoms with Crippen LogP contribution in [0.5, 0.6) is 0 Å². The number of nitrogens with one attached hydrogen (secondary N) is 2. The molecular weight excluding hydrogens is 372 g/mol. The fourth-order valence-corrected chi connectivity index (χ4v) is 5.07. The fourth-order valence-electron chi connectivity index (χ4n) is 4.19. The van der Waals surface area contributed by atoms with Crippen LogP contribution in [-0.2, 0) is 9.84 Å². The van der Waals surface area contributed by atoms with Gasteiger partial charge in [-0.2, -0.15) is 0 Å². The highest BCUT2D eigenvalue weighted by molar-refractivity contribution is 7.91. The first-order valence-electron chi connectivity index (χ1n) is 9.72. The quantitative estimate of drug-likeness (QED) is 0.794. The zero-order valence-corrected chi connectivity index (χ0v) is 18.1. The molecule has 0 amide bonds. The highest BCUT2D eigenvalue weighted by Crippen LogP contribution is 2.30. The monoisotopic (exact) mass is 402 g/mol. The molecular formula is C21H30N4O2S. The largest absolute Gasteiger partial charge is 0.367 e. The van der Waals surface area contributed by atoms with Crippen LogP contribution in [0, 0.1) is 0 Å². The molecule has 1 aromatic carbocycles. The van der Waals surface area contributed by atoms with Crippen LogP contribution >= 0.6 is 0 Å². The van der Waals surface area contributed by atoms with E-state index in [1.807, 2.05) is 6.07 Å². The highest BCUT2D eigenvalue weighted by Gasteiger charge is 2.37. The van der Waals surface area contributed by atoms with Crippen LogP contribution in [0.1, 0.15) is 47.5 Å². The molecule has 0 bridgehead atoms. The van der Waals surface area contributed by atoms with Gasteiger partial charge in [-0.25, -0.2) is 18.4 Å². The number of anilines is 1. The third kappa shape index (κ3) is 4.89. The number of aromatic nitrogens is 2. The Hall–Kier alpha value is -1.99. The third-order valence-corrected chi connectivity index (χ3v) is 6.80. The molecule has 28 heavy (non-hydrogen) atoms. The zero-order chi connectivity index (χ0) is 20.6. The van der Waals surface area contributed by atoms with E-state index in [4.69, 9.17) is 0 Å². The summed E-state index contributed by atoms with van der Waals surface area (Å²) >= 11 is 0. The van der Waals surface area contributed by atoms with Crippen LogP contribution in [0.2, 0.25) is 0 Å². The summed E-state index contributed by atoms with van der Waals surface area (Å²) in [6.45, 7) is 10.5. The van der Waals surface area contributed by atoms with Crippen molar-refractivity contribution in [3.8, 4) is 11.4 Å². The Kier molecular flexibility index (Phi) is 5.51. The second kappa shape index (κ2) is 7.44. The van der Waals surface area contributed by atoms with Crippen molar-refractivity contribution in [3.05, 3.63) is 36.5 Å². The molecule has 0 radical (unpaired) electrons. The summed E-state index contributed by atoms with van der Waals surface area (Å²) in [5.74, 6) is 1.46. The van der Waals surface area contributed by atoms with Gasteiger partial charge in [0.05, 0.1) is 10.6 Å². The summed E-state index contributed by atoms with van der Waals surface area (Å²) < 4.78 is 24.0. The molecule has 0 unspecified atom stereocenters. The molecule has 6 nitrogen and oxygen atoms in total. The maximum Gasteiger partial charge on any atom is 0.178 e. The normalized spacial score (nSPS) is 19.3. The van der Waals surface area contributed by atoms with Gasteiger partial charge in [0.2, 0.25) is 0 Å². The van der Waals surface area contributed by atoms with Crippen molar-refractivity contribution in [1.29, 1.82) is 0 Å². The molecule has 2 N–H and O–H groups in total. The maximum absolute atomic E-state index is 12.0. The first-order valence-corrected chi connectivity index (χ1v) is 11.4. The van der Waals surface area contributed by atoms with Gasteiger partial charge in [0, 0.05) is 28.9 Å². The van der Waals surface area contributed by atoms with Crippen molar-refractivity contribution in [1.82, 2.24) is 15.3 Å². The van der Waals surface area contributed by atoms with Crippen LogP contribution in [-0.4, -0.2) is 41.3 Å². The van der Waals surface area contributed by atoms with E-state index in [9.17, 15) is 8.42 Å². The number of sulfone groups is 1. The van der Waals surface area contributed by atoms with Crippen LogP contribution < -0.4 is 10.6 Å². The first-order chi connectivity index (χ1) is 13.0. The van der Waals surface area contributed by atoms with E-state index in [0.29, 0.717) is 16.8 Å². The molecule has 1 aromatic heterocycles. The van der Waals surface area contributed by atoms with Crippen molar-refractivity contribution in [2.75, 3.05) is 11.1 Å². The van der Waals surface area contributed by atoms with E-state index in [-0.39, 0.29) is 16.8 Å². The number of nitrogens with zero attached hydrogens (tertiary/aromatic N) is 2. The lowest BCUT2D eigenvalue weighted by Crippen LogP contribution is -2.60. The smallest absolute Gasteiger partial charge is 0.178 e. The van der Waals surface area contributed by atoms with Crippen molar-refractivity contribution >= 4 is 15.7 Å². The number of hydrogen-bond donors (Lipinski definition) is 2. The Balaban J connectivity index is 1.79. The first kappa shape index (κ1) is 20.7.